The maximum atomic E-state index is 12.4. The zero-order valence-electron chi connectivity index (χ0n) is 21.1. The summed E-state index contributed by atoms with van der Waals surface area (Å²) in [5.41, 5.74) is 7.25. The van der Waals surface area contributed by atoms with Crippen LogP contribution >= 0.6 is 11.8 Å². The van der Waals surface area contributed by atoms with Gasteiger partial charge < -0.3 is 10.2 Å². The number of carbonyl (C=O) groups excluding carboxylic acids is 1. The molecule has 0 aliphatic rings. The summed E-state index contributed by atoms with van der Waals surface area (Å²) in [4.78, 5) is 12.4. The molecule has 1 aromatic heterocycles. The number of hydrogen-bond acceptors (Lipinski definition) is 7. The first-order chi connectivity index (χ1) is 17.6. The van der Waals surface area contributed by atoms with Gasteiger partial charge in [-0.1, -0.05) is 74.5 Å². The lowest BCUT2D eigenvalue weighted by atomic mass is 9.87. The van der Waals surface area contributed by atoms with Crippen LogP contribution in [0.25, 0.3) is 17.1 Å². The summed E-state index contributed by atoms with van der Waals surface area (Å²) in [6.45, 7) is 8.56. The maximum Gasteiger partial charge on any atom is 0.250 e. The van der Waals surface area contributed by atoms with Gasteiger partial charge in [0.05, 0.1) is 12.0 Å². The molecule has 0 radical (unpaired) electrons. The Bertz CT molecular complexity index is 1420. The predicted octanol–water partition coefficient (Wildman–Crippen LogP) is 5.19. The summed E-state index contributed by atoms with van der Waals surface area (Å²) < 4.78 is 1.95. The fourth-order valence-electron chi connectivity index (χ4n) is 3.56. The number of benzene rings is 3. The Labute approximate surface area is 220 Å². The Morgan fingerprint density at radius 3 is 2.35 bits per heavy atom. The average molecular weight is 516 g/mol. The molecule has 37 heavy (non-hydrogen) atoms. The molecular weight excluding hydrogens is 486 g/mol. The zero-order valence-corrected chi connectivity index (χ0v) is 22.0. The van der Waals surface area contributed by atoms with Crippen LogP contribution < -0.4 is 5.43 Å². The summed E-state index contributed by atoms with van der Waals surface area (Å²) in [7, 11) is 0. The van der Waals surface area contributed by atoms with Gasteiger partial charge in [0.15, 0.2) is 22.5 Å². The summed E-state index contributed by atoms with van der Waals surface area (Å²) in [5.74, 6) is -0.0356. The molecular formula is C28H29N5O3S. The number of amides is 1. The number of thioether (sulfide) groups is 1. The Morgan fingerprint density at radius 2 is 1.70 bits per heavy atom. The number of aryl methyl sites for hydroxylation is 1. The first kappa shape index (κ1) is 26.0. The van der Waals surface area contributed by atoms with E-state index in [1.165, 1.54) is 35.7 Å². The lowest BCUT2D eigenvalue weighted by Crippen LogP contribution is -2.20. The normalized spacial score (nSPS) is 11.7. The third-order valence-corrected chi connectivity index (χ3v) is 6.60. The van der Waals surface area contributed by atoms with Gasteiger partial charge in [0.1, 0.15) is 0 Å². The Kier molecular flexibility index (Phi) is 7.63. The van der Waals surface area contributed by atoms with Gasteiger partial charge in [-0.3, -0.25) is 9.36 Å². The van der Waals surface area contributed by atoms with E-state index in [2.05, 4.69) is 53.6 Å². The molecule has 4 aromatic rings. The van der Waals surface area contributed by atoms with Gasteiger partial charge in [0.25, 0.3) is 5.91 Å². The van der Waals surface area contributed by atoms with Gasteiger partial charge in [0, 0.05) is 11.3 Å². The molecule has 3 N–H and O–H groups in total. The van der Waals surface area contributed by atoms with Crippen molar-refractivity contribution in [2.24, 2.45) is 5.10 Å². The van der Waals surface area contributed by atoms with Gasteiger partial charge in [-0.05, 0) is 53.8 Å². The number of nitrogens with zero attached hydrogens (tertiary/aromatic N) is 4. The number of aromatic hydroxyl groups is 2. The van der Waals surface area contributed by atoms with E-state index in [-0.39, 0.29) is 28.6 Å². The van der Waals surface area contributed by atoms with Crippen molar-refractivity contribution in [3.8, 4) is 28.6 Å². The molecule has 0 aliphatic heterocycles. The van der Waals surface area contributed by atoms with E-state index >= 15 is 0 Å². The van der Waals surface area contributed by atoms with Crippen LogP contribution in [0.15, 0.2) is 77.0 Å². The molecule has 1 amide bonds. The molecule has 9 heteroatoms. The van der Waals surface area contributed by atoms with Crippen molar-refractivity contribution >= 4 is 23.9 Å². The zero-order chi connectivity index (χ0) is 26.6. The number of rotatable bonds is 7. The minimum absolute atomic E-state index is 0.0443. The molecule has 3 aromatic carbocycles. The van der Waals surface area contributed by atoms with E-state index < -0.39 is 0 Å². The Morgan fingerprint density at radius 1 is 1.00 bits per heavy atom. The van der Waals surface area contributed by atoms with E-state index in [1.807, 2.05) is 47.9 Å². The van der Waals surface area contributed by atoms with E-state index in [1.54, 1.807) is 6.07 Å². The molecule has 0 bridgehead atoms. The van der Waals surface area contributed by atoms with E-state index in [0.717, 1.165) is 16.8 Å². The molecule has 190 valence electrons. The summed E-state index contributed by atoms with van der Waals surface area (Å²) in [5, 5.41) is 32.3. The first-order valence-corrected chi connectivity index (χ1v) is 12.7. The highest BCUT2D eigenvalue weighted by Crippen LogP contribution is 2.30. The maximum absolute atomic E-state index is 12.4. The smallest absolute Gasteiger partial charge is 0.250 e. The van der Waals surface area contributed by atoms with Crippen LogP contribution in [0.5, 0.6) is 11.5 Å². The number of aromatic nitrogens is 3. The number of phenolic OH excluding ortho intramolecular Hbond substituents is 2. The van der Waals surface area contributed by atoms with Crippen molar-refractivity contribution in [2.75, 3.05) is 5.75 Å². The van der Waals surface area contributed by atoms with Crippen molar-refractivity contribution < 1.29 is 15.0 Å². The topological polar surface area (TPSA) is 113 Å². The van der Waals surface area contributed by atoms with Crippen molar-refractivity contribution in [1.29, 1.82) is 0 Å². The predicted molar refractivity (Wildman–Crippen MR) is 146 cm³/mol. The highest BCUT2D eigenvalue weighted by Gasteiger charge is 2.19. The first-order valence-electron chi connectivity index (χ1n) is 11.7. The number of phenols is 2. The van der Waals surface area contributed by atoms with Crippen molar-refractivity contribution in [2.45, 2.75) is 38.3 Å². The van der Waals surface area contributed by atoms with E-state index in [0.29, 0.717) is 16.5 Å². The molecule has 0 saturated heterocycles. The van der Waals surface area contributed by atoms with Gasteiger partial charge in [-0.25, -0.2) is 5.43 Å². The number of hydrazone groups is 1. The van der Waals surface area contributed by atoms with Crippen LogP contribution in [0, 0.1) is 6.92 Å². The molecule has 0 spiro atoms. The molecule has 0 aliphatic carbocycles. The monoisotopic (exact) mass is 515 g/mol. The molecule has 0 unspecified atom stereocenters. The Balaban J connectivity index is 1.53. The lowest BCUT2D eigenvalue weighted by Gasteiger charge is -2.19. The van der Waals surface area contributed by atoms with Gasteiger partial charge >= 0.3 is 0 Å². The highest BCUT2D eigenvalue weighted by atomic mass is 32.2. The second-order valence-corrected chi connectivity index (χ2v) is 10.6. The quantitative estimate of drug-likeness (QED) is 0.135. The van der Waals surface area contributed by atoms with Crippen molar-refractivity contribution in [3.63, 3.8) is 0 Å². The SMILES string of the molecule is Cc1ccc(-n2c(SCC(=O)NN=Cc3ccc(O)c(O)c3)nnc2-c2ccc(C(C)(C)C)cc2)cc1. The van der Waals surface area contributed by atoms with Crippen LogP contribution in [-0.4, -0.2) is 42.9 Å². The van der Waals surface area contributed by atoms with Gasteiger partial charge in [0.2, 0.25) is 0 Å². The van der Waals surface area contributed by atoms with Crippen LogP contribution in [-0.2, 0) is 10.2 Å². The fraction of sp³-hybridized carbons (Fsp3) is 0.214. The minimum atomic E-state index is -0.321. The third-order valence-electron chi connectivity index (χ3n) is 5.67. The van der Waals surface area contributed by atoms with Crippen LogP contribution in [0.4, 0.5) is 0 Å². The molecule has 0 saturated carbocycles. The summed E-state index contributed by atoms with van der Waals surface area (Å²) in [6, 6.07) is 20.6. The average Bonchev–Trinajstić information content (AvgIpc) is 3.29. The molecule has 4 rings (SSSR count). The lowest BCUT2D eigenvalue weighted by molar-refractivity contribution is -0.118. The van der Waals surface area contributed by atoms with Crippen molar-refractivity contribution in [3.05, 3.63) is 83.4 Å². The second-order valence-electron chi connectivity index (χ2n) is 9.63. The second kappa shape index (κ2) is 10.9. The summed E-state index contributed by atoms with van der Waals surface area (Å²) >= 11 is 1.26. The number of hydrogen-bond donors (Lipinski definition) is 3. The van der Waals surface area contributed by atoms with E-state index in [9.17, 15) is 15.0 Å². The molecule has 0 fully saturated rings. The highest BCUT2D eigenvalue weighted by molar-refractivity contribution is 7.99. The van der Waals surface area contributed by atoms with Crippen molar-refractivity contribution in [1.82, 2.24) is 20.2 Å². The summed E-state index contributed by atoms with van der Waals surface area (Å²) in [6.07, 6.45) is 1.38. The fourth-order valence-corrected chi connectivity index (χ4v) is 4.30. The number of carbonyl (C=O) groups is 1. The van der Waals surface area contributed by atoms with Crippen LogP contribution in [0.3, 0.4) is 0 Å². The largest absolute Gasteiger partial charge is 0.504 e. The van der Waals surface area contributed by atoms with Crippen LogP contribution in [0.1, 0.15) is 37.5 Å². The van der Waals surface area contributed by atoms with Gasteiger partial charge in [-0.2, -0.15) is 5.10 Å². The molecule has 8 nitrogen and oxygen atoms in total. The number of nitrogens with one attached hydrogen (secondary N) is 1. The Hall–Kier alpha value is -4.11. The van der Waals surface area contributed by atoms with E-state index in [4.69, 9.17) is 0 Å². The standard InChI is InChI=1S/C28H29N5O3S/c1-18-5-12-22(13-6-18)33-26(20-8-10-21(11-9-20)28(2,3)4)31-32-27(33)37-17-25(36)30-29-16-19-7-14-23(34)24(35)15-19/h5-16,34-35H,17H2,1-4H3,(H,30,36). The third kappa shape index (κ3) is 6.37. The van der Waals surface area contributed by atoms with Gasteiger partial charge in [-0.15, -0.1) is 10.2 Å². The molecule has 0 atom stereocenters. The minimum Gasteiger partial charge on any atom is -0.504 e. The molecule has 1 heterocycles. The van der Waals surface area contributed by atoms with Crippen LogP contribution in [0.2, 0.25) is 0 Å².